The summed E-state index contributed by atoms with van der Waals surface area (Å²) < 4.78 is 60.3. The lowest BCUT2D eigenvalue weighted by molar-refractivity contribution is -0.305. The highest BCUT2D eigenvalue weighted by molar-refractivity contribution is 5.80. The highest BCUT2D eigenvalue weighted by Crippen LogP contribution is 2.29. The third-order valence-electron chi connectivity index (χ3n) is 5.55. The van der Waals surface area contributed by atoms with Gasteiger partial charge in [0, 0.05) is 21.3 Å². The van der Waals surface area contributed by atoms with E-state index in [-0.39, 0.29) is 18.3 Å². The van der Waals surface area contributed by atoms with Crippen molar-refractivity contribution >= 4 is 18.4 Å². The van der Waals surface area contributed by atoms with Gasteiger partial charge in [0.15, 0.2) is 6.10 Å². The number of halogens is 3. The van der Waals surface area contributed by atoms with Crippen molar-refractivity contribution in [3.8, 4) is 0 Å². The molecule has 0 spiro atoms. The molecule has 2 aromatic carbocycles. The van der Waals surface area contributed by atoms with Crippen molar-refractivity contribution in [3.05, 3.63) is 70.8 Å². The van der Waals surface area contributed by atoms with E-state index >= 15 is 0 Å². The van der Waals surface area contributed by atoms with Gasteiger partial charge >= 0.3 is 6.18 Å². The second kappa shape index (κ2) is 11.6. The Bertz CT molecular complexity index is 960. The number of rotatable bonds is 8. The fourth-order valence-electron chi connectivity index (χ4n) is 3.72. The second-order valence-electron chi connectivity index (χ2n) is 7.77. The Morgan fingerprint density at radius 1 is 0.765 bits per heavy atom. The number of hydrogen-bond donors (Lipinski definition) is 0. The summed E-state index contributed by atoms with van der Waals surface area (Å²) in [6.45, 7) is 1.86. The van der Waals surface area contributed by atoms with Crippen molar-refractivity contribution < 1.29 is 37.0 Å². The molecule has 2 aromatic rings. The Hall–Kier alpha value is -2.72. The molecule has 0 aromatic heterocycles. The standard InChI is InChI=1S/C25H28F3NO5/c1-16-21(30-2)22(31-3)23(32-4)24(33-16)34-29-15-19-9-7-17(8-10-19)5-6-18-11-13-20(14-12-18)25(26,27)28/h5-16,21-24H,1-4H3/t16-,21-,22+,23+,24-/m0/s1. The van der Waals surface area contributed by atoms with Gasteiger partial charge in [-0.05, 0) is 35.7 Å². The van der Waals surface area contributed by atoms with Crippen LogP contribution in [0.5, 0.6) is 0 Å². The molecule has 0 aliphatic carbocycles. The molecule has 0 amide bonds. The van der Waals surface area contributed by atoms with Crippen LogP contribution in [0, 0.1) is 0 Å². The van der Waals surface area contributed by atoms with E-state index < -0.39 is 24.1 Å². The lowest BCUT2D eigenvalue weighted by Gasteiger charge is -2.42. The largest absolute Gasteiger partial charge is 0.416 e. The van der Waals surface area contributed by atoms with Crippen LogP contribution >= 0.6 is 0 Å². The molecule has 0 N–H and O–H groups in total. The van der Waals surface area contributed by atoms with E-state index in [0.29, 0.717) is 5.56 Å². The lowest BCUT2D eigenvalue weighted by atomic mass is 9.99. The van der Waals surface area contributed by atoms with Crippen molar-refractivity contribution in [2.24, 2.45) is 5.16 Å². The fraction of sp³-hybridized carbons (Fsp3) is 0.400. The third-order valence-corrected chi connectivity index (χ3v) is 5.55. The van der Waals surface area contributed by atoms with Gasteiger partial charge in [-0.1, -0.05) is 53.7 Å². The predicted octanol–water partition coefficient (Wildman–Crippen LogP) is 5.02. The van der Waals surface area contributed by atoms with Crippen molar-refractivity contribution in [1.29, 1.82) is 0 Å². The van der Waals surface area contributed by atoms with Crippen LogP contribution in [-0.2, 0) is 30.0 Å². The van der Waals surface area contributed by atoms with Gasteiger partial charge in [-0.25, -0.2) is 0 Å². The number of hydrogen-bond acceptors (Lipinski definition) is 6. The molecular weight excluding hydrogens is 451 g/mol. The summed E-state index contributed by atoms with van der Waals surface area (Å²) in [5.74, 6) is 0. The van der Waals surface area contributed by atoms with Crippen molar-refractivity contribution in [1.82, 2.24) is 0 Å². The summed E-state index contributed by atoms with van der Waals surface area (Å²) in [6, 6.07) is 12.4. The van der Waals surface area contributed by atoms with E-state index in [2.05, 4.69) is 5.16 Å². The minimum atomic E-state index is -4.34. The zero-order chi connectivity index (χ0) is 24.7. The average molecular weight is 479 g/mol. The van der Waals surface area contributed by atoms with Gasteiger partial charge in [-0.15, -0.1) is 0 Å². The predicted molar refractivity (Wildman–Crippen MR) is 122 cm³/mol. The van der Waals surface area contributed by atoms with Crippen molar-refractivity contribution in [2.45, 2.75) is 43.8 Å². The highest BCUT2D eigenvalue weighted by atomic mass is 19.4. The number of oxime groups is 1. The van der Waals surface area contributed by atoms with E-state index in [0.717, 1.165) is 23.3 Å². The molecule has 34 heavy (non-hydrogen) atoms. The van der Waals surface area contributed by atoms with Crippen LogP contribution in [0.25, 0.3) is 12.2 Å². The molecule has 0 saturated carbocycles. The number of alkyl halides is 3. The van der Waals surface area contributed by atoms with Gasteiger partial charge in [0.05, 0.1) is 17.9 Å². The van der Waals surface area contributed by atoms with E-state index in [1.54, 1.807) is 33.6 Å². The summed E-state index contributed by atoms with van der Waals surface area (Å²) in [7, 11) is 4.71. The Morgan fingerprint density at radius 2 is 1.26 bits per heavy atom. The molecule has 6 nitrogen and oxygen atoms in total. The Balaban J connectivity index is 1.59. The molecule has 0 radical (unpaired) electrons. The zero-order valence-corrected chi connectivity index (χ0v) is 19.4. The zero-order valence-electron chi connectivity index (χ0n) is 19.4. The molecule has 0 bridgehead atoms. The van der Waals surface area contributed by atoms with Crippen LogP contribution in [0.3, 0.4) is 0 Å². The van der Waals surface area contributed by atoms with E-state index in [9.17, 15) is 13.2 Å². The summed E-state index contributed by atoms with van der Waals surface area (Å²) in [6.07, 6.45) is -1.48. The number of benzene rings is 2. The first-order valence-electron chi connectivity index (χ1n) is 10.6. The molecule has 3 rings (SSSR count). The molecule has 0 unspecified atom stereocenters. The van der Waals surface area contributed by atoms with Gasteiger partial charge in [0.2, 0.25) is 0 Å². The molecule has 1 aliphatic heterocycles. The van der Waals surface area contributed by atoms with Gasteiger partial charge in [-0.3, -0.25) is 0 Å². The minimum absolute atomic E-state index is 0.280. The Morgan fingerprint density at radius 3 is 1.76 bits per heavy atom. The number of methoxy groups -OCH3 is 3. The Labute approximate surface area is 196 Å². The molecule has 1 heterocycles. The first kappa shape index (κ1) is 25.9. The summed E-state index contributed by atoms with van der Waals surface area (Å²) in [4.78, 5) is 5.55. The number of nitrogens with zero attached hydrogens (tertiary/aromatic N) is 1. The fourth-order valence-corrected chi connectivity index (χ4v) is 3.72. The Kier molecular flexibility index (Phi) is 8.84. The van der Waals surface area contributed by atoms with Crippen molar-refractivity contribution in [3.63, 3.8) is 0 Å². The average Bonchev–Trinajstić information content (AvgIpc) is 2.82. The maximum atomic E-state index is 12.7. The first-order chi connectivity index (χ1) is 16.3. The van der Waals surface area contributed by atoms with Crippen LogP contribution in [0.1, 0.15) is 29.2 Å². The maximum Gasteiger partial charge on any atom is 0.416 e. The highest BCUT2D eigenvalue weighted by Gasteiger charge is 2.46. The molecule has 1 saturated heterocycles. The van der Waals surface area contributed by atoms with E-state index in [4.69, 9.17) is 23.8 Å². The third kappa shape index (κ3) is 6.44. The van der Waals surface area contributed by atoms with E-state index in [1.807, 2.05) is 37.3 Å². The minimum Gasteiger partial charge on any atom is -0.376 e. The molecule has 1 aliphatic rings. The van der Waals surface area contributed by atoms with Crippen LogP contribution in [0.2, 0.25) is 0 Å². The second-order valence-corrected chi connectivity index (χ2v) is 7.77. The monoisotopic (exact) mass is 479 g/mol. The maximum absolute atomic E-state index is 12.7. The van der Waals surface area contributed by atoms with Crippen molar-refractivity contribution in [2.75, 3.05) is 21.3 Å². The quantitative estimate of drug-likeness (QED) is 0.303. The molecule has 184 valence electrons. The number of ether oxygens (including phenoxy) is 4. The summed E-state index contributed by atoms with van der Waals surface area (Å²) >= 11 is 0. The first-order valence-corrected chi connectivity index (χ1v) is 10.6. The molecule has 1 fully saturated rings. The van der Waals surface area contributed by atoms with Crippen LogP contribution in [0.15, 0.2) is 53.7 Å². The van der Waals surface area contributed by atoms with Gasteiger partial charge in [0.1, 0.15) is 12.2 Å². The van der Waals surface area contributed by atoms with Gasteiger partial charge in [0.25, 0.3) is 6.29 Å². The van der Waals surface area contributed by atoms with Crippen LogP contribution in [-0.4, -0.2) is 58.2 Å². The van der Waals surface area contributed by atoms with Crippen LogP contribution in [0.4, 0.5) is 13.2 Å². The van der Waals surface area contributed by atoms with E-state index in [1.165, 1.54) is 12.1 Å². The van der Waals surface area contributed by atoms with Gasteiger partial charge in [-0.2, -0.15) is 13.2 Å². The summed E-state index contributed by atoms with van der Waals surface area (Å²) in [5.41, 5.74) is 1.68. The lowest BCUT2D eigenvalue weighted by Crippen LogP contribution is -2.59. The molecule has 5 atom stereocenters. The van der Waals surface area contributed by atoms with Crippen LogP contribution < -0.4 is 0 Å². The SMILES string of the molecule is CO[C@@H]1[C@@H](OC)[C@H](C)O[C@@H](ON=Cc2ccc(C=Cc3ccc(C(F)(F)F)cc3)cc2)[C@@H]1OC. The smallest absolute Gasteiger partial charge is 0.376 e. The normalized spacial score (nSPS) is 25.8. The summed E-state index contributed by atoms with van der Waals surface area (Å²) in [5, 5.41) is 4.03. The van der Waals surface area contributed by atoms with Gasteiger partial charge < -0.3 is 23.8 Å². The molecular formula is C25H28F3NO5. The molecule has 9 heteroatoms. The topological polar surface area (TPSA) is 58.5 Å².